The number of benzene rings is 1. The van der Waals surface area contributed by atoms with Gasteiger partial charge in [-0.05, 0) is 56.3 Å². The van der Waals surface area contributed by atoms with Gasteiger partial charge in [0.15, 0.2) is 5.75 Å². The van der Waals surface area contributed by atoms with Gasteiger partial charge < -0.3 is 14.8 Å². The molecule has 6 nitrogen and oxygen atoms in total. The van der Waals surface area contributed by atoms with Gasteiger partial charge in [0.1, 0.15) is 12.4 Å². The highest BCUT2D eigenvalue weighted by Gasteiger charge is 2.12. The number of amides is 1. The lowest BCUT2D eigenvalue weighted by molar-refractivity contribution is -0.119. The van der Waals surface area contributed by atoms with Crippen molar-refractivity contribution in [3.63, 3.8) is 0 Å². The van der Waals surface area contributed by atoms with Gasteiger partial charge in [-0.25, -0.2) is 4.52 Å². The highest BCUT2D eigenvalue weighted by Crippen LogP contribution is 2.25. The van der Waals surface area contributed by atoms with E-state index < -0.39 is 5.95 Å². The van der Waals surface area contributed by atoms with E-state index in [-0.39, 0.29) is 17.7 Å². The van der Waals surface area contributed by atoms with Gasteiger partial charge in [0.2, 0.25) is 5.91 Å². The molecule has 0 aliphatic rings. The number of fused-ring (bicyclic) bond motifs is 1. The Morgan fingerprint density at radius 1 is 1.22 bits per heavy atom. The predicted molar refractivity (Wildman–Crippen MR) is 101 cm³/mol. The maximum atomic E-state index is 14.4. The van der Waals surface area contributed by atoms with E-state index in [0.29, 0.717) is 30.2 Å². The maximum Gasteiger partial charge on any atom is 0.257 e. The molecule has 3 rings (SSSR count). The van der Waals surface area contributed by atoms with E-state index >= 15 is 0 Å². The van der Waals surface area contributed by atoms with E-state index in [1.165, 1.54) is 11.4 Å². The zero-order chi connectivity index (χ0) is 19.4. The summed E-state index contributed by atoms with van der Waals surface area (Å²) in [5.41, 5.74) is 2.15. The van der Waals surface area contributed by atoms with Gasteiger partial charge in [0, 0.05) is 12.5 Å². The minimum atomic E-state index is -0.521. The molecule has 1 N–H and O–H groups in total. The van der Waals surface area contributed by atoms with Crippen LogP contribution in [0.5, 0.6) is 11.5 Å². The fourth-order valence-corrected chi connectivity index (χ4v) is 2.74. The number of ether oxygens (including phenoxy) is 2. The van der Waals surface area contributed by atoms with Crippen LogP contribution in [0.2, 0.25) is 0 Å². The first kappa shape index (κ1) is 18.7. The first-order valence-corrected chi connectivity index (χ1v) is 8.79. The van der Waals surface area contributed by atoms with Gasteiger partial charge in [0.25, 0.3) is 5.95 Å². The molecule has 0 aliphatic heterocycles. The number of pyridine rings is 1. The molecule has 0 aliphatic carbocycles. The van der Waals surface area contributed by atoms with Crippen molar-refractivity contribution in [1.82, 2.24) is 14.9 Å². The molecule has 0 unspecified atom stereocenters. The van der Waals surface area contributed by atoms with Crippen molar-refractivity contribution in [3.05, 3.63) is 48.4 Å². The number of aromatic nitrogens is 2. The average Bonchev–Trinajstić information content (AvgIpc) is 3.07. The predicted octanol–water partition coefficient (Wildman–Crippen LogP) is 3.44. The fourth-order valence-electron chi connectivity index (χ4n) is 2.74. The maximum absolute atomic E-state index is 14.4. The molecule has 1 atom stereocenters. The summed E-state index contributed by atoms with van der Waals surface area (Å²) in [6, 6.07) is 12.5. The van der Waals surface area contributed by atoms with Gasteiger partial charge >= 0.3 is 0 Å². The molecule has 2 heterocycles. The molecule has 0 saturated carbocycles. The first-order chi connectivity index (χ1) is 13.0. The monoisotopic (exact) mass is 371 g/mol. The van der Waals surface area contributed by atoms with Crippen molar-refractivity contribution in [1.29, 1.82) is 0 Å². The lowest BCUT2D eigenvalue weighted by Gasteiger charge is -2.13. The minimum absolute atomic E-state index is 0.0804. The number of hydrogen-bond acceptors (Lipinski definition) is 4. The summed E-state index contributed by atoms with van der Waals surface area (Å²) < 4.78 is 26.6. The molecular weight excluding hydrogens is 349 g/mol. The second kappa shape index (κ2) is 8.07. The molecule has 1 amide bonds. The van der Waals surface area contributed by atoms with E-state index in [1.807, 2.05) is 37.3 Å². The molecule has 0 spiro atoms. The van der Waals surface area contributed by atoms with Gasteiger partial charge in [-0.1, -0.05) is 0 Å². The Morgan fingerprint density at radius 2 is 1.96 bits per heavy atom. The number of halogens is 1. The molecule has 27 heavy (non-hydrogen) atoms. The quantitative estimate of drug-likeness (QED) is 0.646. The van der Waals surface area contributed by atoms with Gasteiger partial charge in [0.05, 0.1) is 23.9 Å². The Kier molecular flexibility index (Phi) is 5.59. The van der Waals surface area contributed by atoms with Crippen molar-refractivity contribution in [2.45, 2.75) is 26.8 Å². The third-order valence-corrected chi connectivity index (χ3v) is 3.93. The molecule has 0 saturated heterocycles. The summed E-state index contributed by atoms with van der Waals surface area (Å²) in [6.45, 7) is 5.91. The molecule has 0 radical (unpaired) electrons. The van der Waals surface area contributed by atoms with Crippen molar-refractivity contribution in [2.24, 2.45) is 0 Å². The summed E-state index contributed by atoms with van der Waals surface area (Å²) in [4.78, 5) is 11.0. The molecule has 2 aromatic heterocycles. The second-order valence-corrected chi connectivity index (χ2v) is 6.22. The molecule has 142 valence electrons. The third-order valence-electron chi connectivity index (χ3n) is 3.93. The van der Waals surface area contributed by atoms with E-state index in [0.717, 1.165) is 5.56 Å². The van der Waals surface area contributed by atoms with Crippen LogP contribution < -0.4 is 14.8 Å². The van der Waals surface area contributed by atoms with Gasteiger partial charge in [-0.15, -0.1) is 0 Å². The Hall–Kier alpha value is -3.09. The summed E-state index contributed by atoms with van der Waals surface area (Å²) in [6.07, 6.45) is 0. The Morgan fingerprint density at radius 3 is 2.63 bits per heavy atom. The van der Waals surface area contributed by atoms with Crippen LogP contribution in [0.4, 0.5) is 4.39 Å². The number of nitrogens with zero attached hydrogens (tertiary/aromatic N) is 2. The lowest BCUT2D eigenvalue weighted by atomic mass is 10.1. The zero-order valence-electron chi connectivity index (χ0n) is 15.5. The number of hydrogen-bond donors (Lipinski definition) is 1. The van der Waals surface area contributed by atoms with Gasteiger partial charge in [-0.2, -0.15) is 9.49 Å². The van der Waals surface area contributed by atoms with Crippen molar-refractivity contribution in [2.75, 3.05) is 13.2 Å². The molecule has 0 bridgehead atoms. The third kappa shape index (κ3) is 4.36. The second-order valence-electron chi connectivity index (χ2n) is 6.22. The summed E-state index contributed by atoms with van der Waals surface area (Å²) in [5, 5.41) is 7.10. The van der Waals surface area contributed by atoms with Crippen LogP contribution in [-0.4, -0.2) is 34.8 Å². The largest absolute Gasteiger partial charge is 0.491 e. The van der Waals surface area contributed by atoms with Crippen molar-refractivity contribution in [3.8, 4) is 22.8 Å². The van der Waals surface area contributed by atoms with Crippen LogP contribution in [0.3, 0.4) is 0 Å². The first-order valence-electron chi connectivity index (χ1n) is 8.79. The van der Waals surface area contributed by atoms with E-state index in [2.05, 4.69) is 10.4 Å². The molecule has 1 aromatic carbocycles. The van der Waals surface area contributed by atoms with Crippen LogP contribution in [0, 0.1) is 5.95 Å². The lowest BCUT2D eigenvalue weighted by Crippen LogP contribution is -2.35. The summed E-state index contributed by atoms with van der Waals surface area (Å²) >= 11 is 0. The standard InChI is InChI=1S/C20H22FN3O3/c1-4-26-19-10-7-16-11-18(23-24(16)20(19)21)15-5-8-17(9-6-15)27-12-13(2)22-14(3)25/h5-11,13H,4,12H2,1-3H3,(H,22,25)/t13-/m0/s1. The van der Waals surface area contributed by atoms with Crippen LogP contribution in [0.1, 0.15) is 20.8 Å². The zero-order valence-corrected chi connectivity index (χ0v) is 15.5. The smallest absolute Gasteiger partial charge is 0.257 e. The van der Waals surface area contributed by atoms with E-state index in [4.69, 9.17) is 9.47 Å². The Bertz CT molecular complexity index is 938. The number of carbonyl (C=O) groups excluding carboxylic acids is 1. The summed E-state index contributed by atoms with van der Waals surface area (Å²) in [7, 11) is 0. The molecular formula is C20H22FN3O3. The molecule has 3 aromatic rings. The van der Waals surface area contributed by atoms with Gasteiger partial charge in [-0.3, -0.25) is 4.79 Å². The van der Waals surface area contributed by atoms with Crippen LogP contribution in [0.15, 0.2) is 42.5 Å². The molecule has 0 fully saturated rings. The Labute approximate surface area is 156 Å². The highest BCUT2D eigenvalue weighted by molar-refractivity contribution is 5.73. The number of rotatable bonds is 7. The SMILES string of the molecule is CCOc1ccc2cc(-c3ccc(OC[C@H](C)NC(C)=O)cc3)nn2c1F. The number of carbonyl (C=O) groups is 1. The fraction of sp³-hybridized carbons (Fsp3) is 0.300. The van der Waals surface area contributed by atoms with Crippen LogP contribution in [-0.2, 0) is 4.79 Å². The average molecular weight is 371 g/mol. The molecule has 7 heteroatoms. The van der Waals surface area contributed by atoms with E-state index in [9.17, 15) is 9.18 Å². The van der Waals surface area contributed by atoms with Crippen LogP contribution in [0.25, 0.3) is 16.8 Å². The van der Waals surface area contributed by atoms with Crippen molar-refractivity contribution >= 4 is 11.4 Å². The topological polar surface area (TPSA) is 64.9 Å². The minimum Gasteiger partial charge on any atom is -0.491 e. The highest BCUT2D eigenvalue weighted by atomic mass is 19.1. The van der Waals surface area contributed by atoms with Crippen molar-refractivity contribution < 1.29 is 18.7 Å². The Balaban J connectivity index is 1.75. The van der Waals surface area contributed by atoms with E-state index in [1.54, 1.807) is 19.1 Å². The summed E-state index contributed by atoms with van der Waals surface area (Å²) in [5.74, 6) is 0.252. The number of nitrogens with one attached hydrogen (secondary N) is 1. The van der Waals surface area contributed by atoms with Crippen LogP contribution >= 0.6 is 0 Å². The normalized spacial score (nSPS) is 12.0.